The molecule has 1 fully saturated rings. The minimum atomic E-state index is 0.309. The molecule has 0 saturated heterocycles. The van der Waals surface area contributed by atoms with Crippen LogP contribution in [0, 0.1) is 6.92 Å². The van der Waals surface area contributed by atoms with E-state index in [-0.39, 0.29) is 0 Å². The van der Waals surface area contributed by atoms with Gasteiger partial charge in [-0.15, -0.1) is 0 Å². The molecule has 1 aromatic rings. The second-order valence-corrected chi connectivity index (χ2v) is 4.77. The van der Waals surface area contributed by atoms with Gasteiger partial charge in [0.15, 0.2) is 0 Å². The highest BCUT2D eigenvalue weighted by atomic mass is 15.2. The molecule has 0 atom stereocenters. The van der Waals surface area contributed by atoms with E-state index in [2.05, 4.69) is 43.1 Å². The second-order valence-electron chi connectivity index (χ2n) is 4.77. The van der Waals surface area contributed by atoms with Gasteiger partial charge in [0.1, 0.15) is 0 Å². The zero-order valence-electron chi connectivity index (χ0n) is 9.66. The maximum Gasteiger partial charge on any atom is 0.0333 e. The van der Waals surface area contributed by atoms with Crippen LogP contribution >= 0.6 is 0 Å². The third-order valence-electron chi connectivity index (χ3n) is 3.52. The normalized spacial score (nSPS) is 18.1. The van der Waals surface area contributed by atoms with Crippen LogP contribution < -0.4 is 5.73 Å². The Morgan fingerprint density at radius 1 is 1.40 bits per heavy atom. The van der Waals surface area contributed by atoms with Crippen LogP contribution in [0.5, 0.6) is 0 Å². The van der Waals surface area contributed by atoms with E-state index in [0.717, 1.165) is 13.1 Å². The highest BCUT2D eigenvalue weighted by Gasteiger charge is 2.44. The van der Waals surface area contributed by atoms with Crippen LogP contribution in [-0.2, 0) is 6.54 Å². The highest BCUT2D eigenvalue weighted by molar-refractivity contribution is 5.22. The molecule has 1 aliphatic carbocycles. The lowest BCUT2D eigenvalue weighted by Gasteiger charge is -2.26. The molecule has 0 unspecified atom stereocenters. The number of benzene rings is 1. The largest absolute Gasteiger partial charge is 0.329 e. The van der Waals surface area contributed by atoms with E-state index in [0.29, 0.717) is 5.54 Å². The van der Waals surface area contributed by atoms with Gasteiger partial charge in [-0.1, -0.05) is 29.8 Å². The summed E-state index contributed by atoms with van der Waals surface area (Å²) in [6.07, 6.45) is 2.51. The van der Waals surface area contributed by atoms with E-state index in [1.165, 1.54) is 24.0 Å². The highest BCUT2D eigenvalue weighted by Crippen LogP contribution is 2.40. The molecular formula is C13H20N2. The Labute approximate surface area is 92.1 Å². The summed E-state index contributed by atoms with van der Waals surface area (Å²) in [5.41, 5.74) is 8.84. The summed E-state index contributed by atoms with van der Waals surface area (Å²) in [4.78, 5) is 2.40. The molecule has 2 rings (SSSR count). The van der Waals surface area contributed by atoms with Crippen LogP contribution in [0.2, 0.25) is 0 Å². The molecule has 15 heavy (non-hydrogen) atoms. The number of likely N-dealkylation sites (N-methyl/N-ethyl adjacent to an activating group) is 1. The van der Waals surface area contributed by atoms with Crippen molar-refractivity contribution in [1.29, 1.82) is 0 Å². The fourth-order valence-electron chi connectivity index (χ4n) is 2.14. The van der Waals surface area contributed by atoms with Crippen LogP contribution in [0.1, 0.15) is 24.0 Å². The predicted octanol–water partition coefficient (Wildman–Crippen LogP) is 1.92. The minimum absolute atomic E-state index is 0.309. The van der Waals surface area contributed by atoms with Crippen molar-refractivity contribution in [2.75, 3.05) is 13.6 Å². The van der Waals surface area contributed by atoms with Gasteiger partial charge in [-0.2, -0.15) is 0 Å². The average Bonchev–Trinajstić information content (AvgIpc) is 2.98. The maximum atomic E-state index is 5.81. The van der Waals surface area contributed by atoms with E-state index in [4.69, 9.17) is 5.73 Å². The number of hydrogen-bond donors (Lipinski definition) is 1. The predicted molar refractivity (Wildman–Crippen MR) is 63.7 cm³/mol. The number of nitrogens with two attached hydrogens (primary N) is 1. The quantitative estimate of drug-likeness (QED) is 0.812. The van der Waals surface area contributed by atoms with Crippen molar-refractivity contribution in [2.45, 2.75) is 31.8 Å². The molecule has 0 aliphatic heterocycles. The summed E-state index contributed by atoms with van der Waals surface area (Å²) in [5, 5.41) is 0. The molecular weight excluding hydrogens is 184 g/mol. The molecule has 1 aliphatic rings. The van der Waals surface area contributed by atoms with Gasteiger partial charge in [0.05, 0.1) is 0 Å². The Hall–Kier alpha value is -0.860. The zero-order valence-corrected chi connectivity index (χ0v) is 9.66. The van der Waals surface area contributed by atoms with E-state index >= 15 is 0 Å². The molecule has 1 saturated carbocycles. The fourth-order valence-corrected chi connectivity index (χ4v) is 2.14. The van der Waals surface area contributed by atoms with Gasteiger partial charge in [-0.25, -0.2) is 0 Å². The van der Waals surface area contributed by atoms with E-state index in [1.54, 1.807) is 0 Å². The molecule has 82 valence electrons. The maximum absolute atomic E-state index is 5.81. The zero-order chi connectivity index (χ0) is 10.9. The van der Waals surface area contributed by atoms with Crippen LogP contribution in [0.25, 0.3) is 0 Å². The topological polar surface area (TPSA) is 29.3 Å². The third-order valence-corrected chi connectivity index (χ3v) is 3.52. The Morgan fingerprint density at radius 3 is 2.67 bits per heavy atom. The Morgan fingerprint density at radius 2 is 2.13 bits per heavy atom. The van der Waals surface area contributed by atoms with Crippen LogP contribution in [0.3, 0.4) is 0 Å². The summed E-state index contributed by atoms with van der Waals surface area (Å²) in [6.45, 7) is 3.94. The van der Waals surface area contributed by atoms with Crippen LogP contribution in [-0.4, -0.2) is 24.0 Å². The first-order chi connectivity index (χ1) is 7.16. The van der Waals surface area contributed by atoms with Gasteiger partial charge in [0.25, 0.3) is 0 Å². The first-order valence-corrected chi connectivity index (χ1v) is 5.63. The van der Waals surface area contributed by atoms with Crippen LogP contribution in [0.4, 0.5) is 0 Å². The first kappa shape index (κ1) is 10.7. The lowest BCUT2D eigenvalue weighted by Crippen LogP contribution is -2.39. The minimum Gasteiger partial charge on any atom is -0.329 e. The molecule has 0 aromatic heterocycles. The average molecular weight is 204 g/mol. The lowest BCUT2D eigenvalue weighted by atomic mass is 10.1. The molecule has 0 heterocycles. The summed E-state index contributed by atoms with van der Waals surface area (Å²) in [5.74, 6) is 0. The van der Waals surface area contributed by atoms with Crippen molar-refractivity contribution in [1.82, 2.24) is 4.90 Å². The molecule has 2 N–H and O–H groups in total. The number of nitrogens with zero attached hydrogens (tertiary/aromatic N) is 1. The van der Waals surface area contributed by atoms with E-state index < -0.39 is 0 Å². The Bertz CT molecular complexity index is 342. The summed E-state index contributed by atoms with van der Waals surface area (Å²) < 4.78 is 0. The fraction of sp³-hybridized carbons (Fsp3) is 0.538. The van der Waals surface area contributed by atoms with Crippen molar-refractivity contribution in [3.63, 3.8) is 0 Å². The van der Waals surface area contributed by atoms with E-state index in [1.807, 2.05) is 0 Å². The smallest absolute Gasteiger partial charge is 0.0333 e. The summed E-state index contributed by atoms with van der Waals surface area (Å²) in [7, 11) is 2.18. The Balaban J connectivity index is 2.03. The molecule has 0 amide bonds. The summed E-state index contributed by atoms with van der Waals surface area (Å²) in [6, 6.07) is 8.71. The van der Waals surface area contributed by atoms with Crippen molar-refractivity contribution in [3.8, 4) is 0 Å². The molecule has 0 spiro atoms. The van der Waals surface area contributed by atoms with Crippen molar-refractivity contribution in [2.24, 2.45) is 5.73 Å². The van der Waals surface area contributed by atoms with Crippen molar-refractivity contribution in [3.05, 3.63) is 35.4 Å². The van der Waals surface area contributed by atoms with Gasteiger partial charge in [0.2, 0.25) is 0 Å². The van der Waals surface area contributed by atoms with Crippen molar-refractivity contribution >= 4 is 0 Å². The third kappa shape index (κ3) is 2.21. The van der Waals surface area contributed by atoms with Gasteiger partial charge < -0.3 is 5.73 Å². The van der Waals surface area contributed by atoms with E-state index in [9.17, 15) is 0 Å². The molecule has 1 aromatic carbocycles. The molecule has 2 nitrogen and oxygen atoms in total. The van der Waals surface area contributed by atoms with Gasteiger partial charge in [-0.3, -0.25) is 4.90 Å². The SMILES string of the molecule is Cc1cccc(CN(C)C2(CN)CC2)c1. The second kappa shape index (κ2) is 3.95. The Kier molecular flexibility index (Phi) is 2.81. The molecule has 2 heteroatoms. The molecule has 0 radical (unpaired) electrons. The lowest BCUT2D eigenvalue weighted by molar-refractivity contribution is 0.218. The first-order valence-electron chi connectivity index (χ1n) is 5.63. The molecule has 0 bridgehead atoms. The number of rotatable bonds is 4. The standard InChI is InChI=1S/C13H20N2/c1-11-4-3-5-12(8-11)9-15(2)13(10-14)6-7-13/h3-5,8H,6-7,9-10,14H2,1-2H3. The van der Waals surface area contributed by atoms with Gasteiger partial charge in [0, 0.05) is 18.6 Å². The number of aryl methyl sites for hydroxylation is 1. The van der Waals surface area contributed by atoms with Gasteiger partial charge >= 0.3 is 0 Å². The van der Waals surface area contributed by atoms with Crippen LogP contribution in [0.15, 0.2) is 24.3 Å². The van der Waals surface area contributed by atoms with Crippen molar-refractivity contribution < 1.29 is 0 Å². The van der Waals surface area contributed by atoms with Gasteiger partial charge in [-0.05, 0) is 32.4 Å². The summed E-state index contributed by atoms with van der Waals surface area (Å²) >= 11 is 0. The monoisotopic (exact) mass is 204 g/mol. The number of hydrogen-bond acceptors (Lipinski definition) is 2.